The number of nitrogens with two attached hydrogens (primary N) is 1. The molecule has 0 heterocycles. The van der Waals surface area contributed by atoms with Crippen molar-refractivity contribution < 1.29 is 0 Å². The highest BCUT2D eigenvalue weighted by atomic mass is 15.2. The van der Waals surface area contributed by atoms with E-state index in [-0.39, 0.29) is 0 Å². The highest BCUT2D eigenvalue weighted by Gasteiger charge is 2.42. The van der Waals surface area contributed by atoms with Crippen LogP contribution in [-0.2, 0) is 0 Å². The minimum Gasteiger partial charge on any atom is -0.329 e. The van der Waals surface area contributed by atoms with Crippen molar-refractivity contribution in [3.63, 3.8) is 0 Å². The lowest BCUT2D eigenvalue weighted by atomic mass is 9.90. The Morgan fingerprint density at radius 3 is 2.29 bits per heavy atom. The van der Waals surface area contributed by atoms with Gasteiger partial charge in [-0.2, -0.15) is 0 Å². The van der Waals surface area contributed by atoms with Crippen molar-refractivity contribution in [3.05, 3.63) is 0 Å². The third-order valence-corrected chi connectivity index (χ3v) is 4.44. The van der Waals surface area contributed by atoms with Crippen molar-refractivity contribution >= 4 is 0 Å². The van der Waals surface area contributed by atoms with Gasteiger partial charge in [0.25, 0.3) is 0 Å². The Hall–Kier alpha value is -0.0800. The highest BCUT2D eigenvalue weighted by molar-refractivity contribution is 5.00. The topological polar surface area (TPSA) is 29.3 Å². The molecule has 0 radical (unpaired) electrons. The maximum atomic E-state index is 6.16. The molecule has 0 aromatic carbocycles. The van der Waals surface area contributed by atoms with Crippen LogP contribution < -0.4 is 5.73 Å². The molecule has 0 spiro atoms. The van der Waals surface area contributed by atoms with Crippen LogP contribution in [-0.4, -0.2) is 29.6 Å². The van der Waals surface area contributed by atoms with Gasteiger partial charge >= 0.3 is 0 Å². The molecule has 2 N–H and O–H groups in total. The van der Waals surface area contributed by atoms with Gasteiger partial charge in [-0.1, -0.05) is 27.2 Å². The third kappa shape index (κ3) is 3.45. The Morgan fingerprint density at radius 2 is 1.94 bits per heavy atom. The van der Waals surface area contributed by atoms with Gasteiger partial charge in [-0.3, -0.25) is 4.90 Å². The molecule has 1 aliphatic rings. The van der Waals surface area contributed by atoms with Gasteiger partial charge in [-0.15, -0.1) is 0 Å². The van der Waals surface area contributed by atoms with Crippen LogP contribution in [0.2, 0.25) is 0 Å². The predicted octanol–water partition coefficient (Wildman–Crippen LogP) is 3.26. The Balaban J connectivity index is 2.81. The second-order valence-corrected chi connectivity index (χ2v) is 6.59. The molecule has 0 aromatic heterocycles. The van der Waals surface area contributed by atoms with Crippen molar-refractivity contribution in [2.75, 3.05) is 13.1 Å². The summed E-state index contributed by atoms with van der Waals surface area (Å²) in [5.41, 5.74) is 6.45. The molecule has 2 atom stereocenters. The molecule has 17 heavy (non-hydrogen) atoms. The Kier molecular flexibility index (Phi) is 5.46. The number of hydrogen-bond donors (Lipinski definition) is 1. The van der Waals surface area contributed by atoms with Crippen LogP contribution >= 0.6 is 0 Å². The second-order valence-electron chi connectivity index (χ2n) is 6.59. The van der Waals surface area contributed by atoms with E-state index in [1.54, 1.807) is 0 Å². The minimum atomic E-state index is 0.291. The van der Waals surface area contributed by atoms with Crippen LogP contribution in [0.3, 0.4) is 0 Å². The smallest absolute Gasteiger partial charge is 0.0337 e. The van der Waals surface area contributed by atoms with Crippen molar-refractivity contribution in [3.8, 4) is 0 Å². The lowest BCUT2D eigenvalue weighted by Crippen LogP contribution is -2.56. The molecule has 2 heteroatoms. The second kappa shape index (κ2) is 6.19. The van der Waals surface area contributed by atoms with E-state index in [0.29, 0.717) is 11.6 Å². The number of hydrogen-bond acceptors (Lipinski definition) is 2. The summed E-state index contributed by atoms with van der Waals surface area (Å²) in [5.74, 6) is 1.62. The molecule has 1 rings (SSSR count). The van der Waals surface area contributed by atoms with Gasteiger partial charge in [0.15, 0.2) is 0 Å². The first-order chi connectivity index (χ1) is 7.95. The van der Waals surface area contributed by atoms with Crippen LogP contribution in [0.4, 0.5) is 0 Å². The molecule has 1 saturated carbocycles. The van der Waals surface area contributed by atoms with E-state index in [0.717, 1.165) is 18.4 Å². The summed E-state index contributed by atoms with van der Waals surface area (Å²) in [4.78, 5) is 2.69. The molecular weight excluding hydrogens is 208 g/mol. The summed E-state index contributed by atoms with van der Waals surface area (Å²) in [5, 5.41) is 0. The normalized spacial score (nSPS) is 29.8. The van der Waals surface area contributed by atoms with Crippen molar-refractivity contribution in [2.24, 2.45) is 17.6 Å². The largest absolute Gasteiger partial charge is 0.329 e. The van der Waals surface area contributed by atoms with E-state index in [2.05, 4.69) is 39.5 Å². The summed E-state index contributed by atoms with van der Waals surface area (Å²) in [7, 11) is 0. The molecule has 0 saturated heterocycles. The van der Waals surface area contributed by atoms with Gasteiger partial charge in [0, 0.05) is 24.7 Å². The molecule has 0 aromatic rings. The van der Waals surface area contributed by atoms with E-state index in [1.165, 1.54) is 32.2 Å². The standard InChI is InChI=1S/C15H32N2/c1-6-14-7-8-15(9-14,11-16)17(13(4)5)10-12(2)3/h12-14H,6-11,16H2,1-5H3. The average Bonchev–Trinajstić information content (AvgIpc) is 2.70. The Labute approximate surface area is 108 Å². The molecule has 2 nitrogen and oxygen atoms in total. The third-order valence-electron chi connectivity index (χ3n) is 4.44. The van der Waals surface area contributed by atoms with Gasteiger partial charge in [-0.05, 0) is 44.9 Å². The molecule has 0 amide bonds. The summed E-state index contributed by atoms with van der Waals surface area (Å²) in [6, 6.07) is 0.608. The zero-order valence-electron chi connectivity index (χ0n) is 12.5. The van der Waals surface area contributed by atoms with Gasteiger partial charge < -0.3 is 5.73 Å². The van der Waals surface area contributed by atoms with Gasteiger partial charge in [-0.25, -0.2) is 0 Å². The van der Waals surface area contributed by atoms with Crippen LogP contribution in [0, 0.1) is 11.8 Å². The van der Waals surface area contributed by atoms with E-state index in [9.17, 15) is 0 Å². The molecule has 0 aliphatic heterocycles. The highest BCUT2D eigenvalue weighted by Crippen LogP contribution is 2.41. The quantitative estimate of drug-likeness (QED) is 0.772. The molecule has 2 unspecified atom stereocenters. The van der Waals surface area contributed by atoms with Gasteiger partial charge in [0.05, 0.1) is 0 Å². The summed E-state index contributed by atoms with van der Waals surface area (Å²) >= 11 is 0. The van der Waals surface area contributed by atoms with E-state index >= 15 is 0 Å². The van der Waals surface area contributed by atoms with E-state index < -0.39 is 0 Å². The monoisotopic (exact) mass is 240 g/mol. The van der Waals surface area contributed by atoms with Gasteiger partial charge in [0.2, 0.25) is 0 Å². The first-order valence-corrected chi connectivity index (χ1v) is 7.42. The Morgan fingerprint density at radius 1 is 1.29 bits per heavy atom. The van der Waals surface area contributed by atoms with Crippen LogP contribution in [0.5, 0.6) is 0 Å². The zero-order chi connectivity index (χ0) is 13.1. The van der Waals surface area contributed by atoms with Crippen LogP contribution in [0.15, 0.2) is 0 Å². The number of nitrogens with zero attached hydrogens (tertiary/aromatic N) is 1. The lowest BCUT2D eigenvalue weighted by molar-refractivity contribution is 0.0505. The molecular formula is C15H32N2. The number of rotatable bonds is 6. The van der Waals surface area contributed by atoms with Crippen molar-refractivity contribution in [1.82, 2.24) is 4.90 Å². The van der Waals surface area contributed by atoms with Crippen molar-refractivity contribution in [2.45, 2.75) is 71.9 Å². The van der Waals surface area contributed by atoms with Crippen LogP contribution in [0.1, 0.15) is 60.3 Å². The lowest BCUT2D eigenvalue weighted by Gasteiger charge is -2.44. The molecule has 0 bridgehead atoms. The van der Waals surface area contributed by atoms with Crippen molar-refractivity contribution in [1.29, 1.82) is 0 Å². The molecule has 102 valence electrons. The average molecular weight is 240 g/mol. The first-order valence-electron chi connectivity index (χ1n) is 7.42. The first kappa shape index (κ1) is 15.0. The zero-order valence-corrected chi connectivity index (χ0v) is 12.5. The molecule has 1 aliphatic carbocycles. The van der Waals surface area contributed by atoms with Gasteiger partial charge in [0.1, 0.15) is 0 Å². The fourth-order valence-corrected chi connectivity index (χ4v) is 3.47. The molecule has 1 fully saturated rings. The SMILES string of the molecule is CCC1CCC(CN)(N(CC(C)C)C(C)C)C1. The Bertz CT molecular complexity index is 225. The fourth-order valence-electron chi connectivity index (χ4n) is 3.47. The van der Waals surface area contributed by atoms with E-state index in [4.69, 9.17) is 5.73 Å². The summed E-state index contributed by atoms with van der Waals surface area (Å²) < 4.78 is 0. The predicted molar refractivity (Wildman–Crippen MR) is 76.1 cm³/mol. The summed E-state index contributed by atoms with van der Waals surface area (Å²) in [6.45, 7) is 13.6. The van der Waals surface area contributed by atoms with E-state index in [1.807, 2.05) is 0 Å². The van der Waals surface area contributed by atoms with Crippen LogP contribution in [0.25, 0.3) is 0 Å². The maximum Gasteiger partial charge on any atom is 0.0337 e. The fraction of sp³-hybridized carbons (Fsp3) is 1.00. The summed E-state index contributed by atoms with van der Waals surface area (Å²) in [6.07, 6.45) is 5.29. The maximum absolute atomic E-state index is 6.16. The minimum absolute atomic E-state index is 0.291.